The molecule has 2 aromatic carbocycles. The molecule has 0 unspecified atom stereocenters. The number of nitrogen functional groups attached to an aromatic ring is 1. The van der Waals surface area contributed by atoms with Gasteiger partial charge in [-0.05, 0) is 54.4 Å². The number of nitrogens with zero attached hydrogens (tertiary/aromatic N) is 3. The number of benzene rings is 2. The Bertz CT molecular complexity index is 1050. The van der Waals surface area contributed by atoms with Crippen molar-refractivity contribution in [3.05, 3.63) is 72.7 Å². The second-order valence-electron chi connectivity index (χ2n) is 6.28. The number of hydrogen-bond acceptors (Lipinski definition) is 5. The number of rotatable bonds is 4. The molecule has 4 rings (SSSR count). The van der Waals surface area contributed by atoms with Crippen molar-refractivity contribution >= 4 is 16.9 Å². The quantitative estimate of drug-likeness (QED) is 0.390. The smallest absolute Gasteiger partial charge is 0.139 e. The number of aromatic nitrogens is 3. The van der Waals surface area contributed by atoms with Crippen molar-refractivity contribution in [1.29, 1.82) is 0 Å². The van der Waals surface area contributed by atoms with E-state index in [1.807, 2.05) is 37.5 Å². The predicted molar refractivity (Wildman–Crippen MR) is 105 cm³/mol. The summed E-state index contributed by atoms with van der Waals surface area (Å²) in [5, 5.41) is 0. The fourth-order valence-electron chi connectivity index (χ4n) is 3.00. The standard InChI is InChI=1S/C20H20N6/c1-13(21)14-5-7-19-18(10-14)24-12-26(19)17-4-2-3-15(9-17)16-6-8-20(25-22)23-11-16/h2-13H,21-22H2,1H3,(H,23,25)/t13-/m0/s1. The van der Waals surface area contributed by atoms with Gasteiger partial charge in [-0.25, -0.2) is 15.8 Å². The van der Waals surface area contributed by atoms with Crippen LogP contribution in [0.5, 0.6) is 0 Å². The highest BCUT2D eigenvalue weighted by Gasteiger charge is 2.08. The van der Waals surface area contributed by atoms with Gasteiger partial charge in [0.2, 0.25) is 0 Å². The molecule has 0 aliphatic carbocycles. The molecule has 4 aromatic rings. The van der Waals surface area contributed by atoms with Crippen molar-refractivity contribution in [2.45, 2.75) is 13.0 Å². The van der Waals surface area contributed by atoms with E-state index in [1.165, 1.54) is 0 Å². The van der Waals surface area contributed by atoms with Crippen molar-refractivity contribution in [3.8, 4) is 16.8 Å². The monoisotopic (exact) mass is 344 g/mol. The minimum atomic E-state index is -0.00800. The van der Waals surface area contributed by atoms with Gasteiger partial charge in [-0.2, -0.15) is 0 Å². The highest BCUT2D eigenvalue weighted by molar-refractivity contribution is 5.79. The van der Waals surface area contributed by atoms with Crippen LogP contribution in [0.4, 0.5) is 5.82 Å². The van der Waals surface area contributed by atoms with Crippen molar-refractivity contribution in [3.63, 3.8) is 0 Å². The number of nitrogens with two attached hydrogens (primary N) is 2. The molecule has 0 radical (unpaired) electrons. The Morgan fingerprint density at radius 3 is 2.62 bits per heavy atom. The first-order chi connectivity index (χ1) is 12.7. The molecule has 1 atom stereocenters. The molecule has 0 saturated heterocycles. The van der Waals surface area contributed by atoms with Gasteiger partial charge < -0.3 is 11.2 Å². The third-order valence-electron chi connectivity index (χ3n) is 4.47. The molecule has 0 fully saturated rings. The van der Waals surface area contributed by atoms with Crippen LogP contribution < -0.4 is 17.0 Å². The van der Waals surface area contributed by atoms with Crippen LogP contribution in [0, 0.1) is 0 Å². The molecule has 6 nitrogen and oxygen atoms in total. The lowest BCUT2D eigenvalue weighted by Gasteiger charge is -2.09. The zero-order valence-corrected chi connectivity index (χ0v) is 14.4. The number of hydrogen-bond donors (Lipinski definition) is 3. The van der Waals surface area contributed by atoms with Gasteiger partial charge in [-0.1, -0.05) is 18.2 Å². The van der Waals surface area contributed by atoms with Crippen molar-refractivity contribution in [1.82, 2.24) is 14.5 Å². The summed E-state index contributed by atoms with van der Waals surface area (Å²) in [6.45, 7) is 1.97. The van der Waals surface area contributed by atoms with Crippen molar-refractivity contribution in [2.24, 2.45) is 11.6 Å². The topological polar surface area (TPSA) is 94.8 Å². The van der Waals surface area contributed by atoms with Gasteiger partial charge in [0.1, 0.15) is 12.1 Å². The minimum absolute atomic E-state index is 0.00800. The molecule has 0 bridgehead atoms. The van der Waals surface area contributed by atoms with Crippen LogP contribution in [-0.2, 0) is 0 Å². The molecule has 0 saturated carbocycles. The lowest BCUT2D eigenvalue weighted by molar-refractivity contribution is 0.819. The average Bonchev–Trinajstić information content (AvgIpc) is 3.11. The summed E-state index contributed by atoms with van der Waals surface area (Å²) in [6, 6.07) is 18.3. The molecule has 0 aliphatic rings. The molecule has 130 valence electrons. The van der Waals surface area contributed by atoms with Gasteiger partial charge in [-0.15, -0.1) is 0 Å². The summed E-state index contributed by atoms with van der Waals surface area (Å²) < 4.78 is 2.08. The van der Waals surface area contributed by atoms with Gasteiger partial charge in [0.05, 0.1) is 11.0 Å². The van der Waals surface area contributed by atoms with E-state index in [9.17, 15) is 0 Å². The average molecular weight is 344 g/mol. The van der Waals surface area contributed by atoms with E-state index in [2.05, 4.69) is 50.3 Å². The Balaban J connectivity index is 1.75. The summed E-state index contributed by atoms with van der Waals surface area (Å²) in [7, 11) is 0. The second-order valence-corrected chi connectivity index (χ2v) is 6.28. The van der Waals surface area contributed by atoms with Crippen LogP contribution in [0.3, 0.4) is 0 Å². The Kier molecular flexibility index (Phi) is 4.12. The number of anilines is 1. The first kappa shape index (κ1) is 16.3. The molecular weight excluding hydrogens is 324 g/mol. The third kappa shape index (κ3) is 2.92. The van der Waals surface area contributed by atoms with Gasteiger partial charge in [0.25, 0.3) is 0 Å². The zero-order chi connectivity index (χ0) is 18.1. The summed E-state index contributed by atoms with van der Waals surface area (Å²) in [6.07, 6.45) is 3.64. The molecule has 6 heteroatoms. The van der Waals surface area contributed by atoms with E-state index in [0.717, 1.165) is 33.4 Å². The van der Waals surface area contributed by atoms with Crippen LogP contribution in [0.15, 0.2) is 67.1 Å². The lowest BCUT2D eigenvalue weighted by Crippen LogP contribution is -2.07. The number of fused-ring (bicyclic) bond motifs is 1. The maximum absolute atomic E-state index is 5.97. The zero-order valence-electron chi connectivity index (χ0n) is 14.4. The van der Waals surface area contributed by atoms with E-state index in [-0.39, 0.29) is 6.04 Å². The van der Waals surface area contributed by atoms with E-state index < -0.39 is 0 Å². The Morgan fingerprint density at radius 2 is 1.88 bits per heavy atom. The third-order valence-corrected chi connectivity index (χ3v) is 4.47. The van der Waals surface area contributed by atoms with Gasteiger partial charge in [0.15, 0.2) is 0 Å². The van der Waals surface area contributed by atoms with E-state index >= 15 is 0 Å². The van der Waals surface area contributed by atoms with Gasteiger partial charge in [0, 0.05) is 23.5 Å². The SMILES string of the molecule is C[C@H](N)c1ccc2c(c1)ncn2-c1cccc(-c2ccc(NN)nc2)c1. The molecule has 0 amide bonds. The van der Waals surface area contributed by atoms with E-state index in [0.29, 0.717) is 5.82 Å². The Labute approximate surface area is 151 Å². The molecule has 26 heavy (non-hydrogen) atoms. The maximum Gasteiger partial charge on any atom is 0.139 e. The summed E-state index contributed by atoms with van der Waals surface area (Å²) >= 11 is 0. The largest absolute Gasteiger partial charge is 0.324 e. The fraction of sp³-hybridized carbons (Fsp3) is 0.100. The maximum atomic E-state index is 5.97. The minimum Gasteiger partial charge on any atom is -0.324 e. The number of hydrazine groups is 1. The molecule has 2 aromatic heterocycles. The Hall–Kier alpha value is -3.22. The second kappa shape index (κ2) is 6.59. The van der Waals surface area contributed by atoms with E-state index in [4.69, 9.17) is 11.6 Å². The first-order valence-corrected chi connectivity index (χ1v) is 8.42. The van der Waals surface area contributed by atoms with Crippen LogP contribution >= 0.6 is 0 Å². The van der Waals surface area contributed by atoms with Crippen LogP contribution in [-0.4, -0.2) is 14.5 Å². The van der Waals surface area contributed by atoms with Crippen molar-refractivity contribution in [2.75, 3.05) is 5.43 Å². The van der Waals surface area contributed by atoms with Gasteiger partial charge >= 0.3 is 0 Å². The van der Waals surface area contributed by atoms with Crippen LogP contribution in [0.2, 0.25) is 0 Å². The molecular formula is C20H20N6. The lowest BCUT2D eigenvalue weighted by atomic mass is 10.1. The number of pyridine rings is 1. The number of imidazole rings is 1. The van der Waals surface area contributed by atoms with Gasteiger partial charge in [-0.3, -0.25) is 4.57 Å². The number of nitrogens with one attached hydrogen (secondary N) is 1. The molecule has 2 heterocycles. The molecule has 5 N–H and O–H groups in total. The summed E-state index contributed by atoms with van der Waals surface area (Å²) in [5.74, 6) is 6.01. The van der Waals surface area contributed by atoms with E-state index in [1.54, 1.807) is 6.20 Å². The Morgan fingerprint density at radius 1 is 1.00 bits per heavy atom. The summed E-state index contributed by atoms with van der Waals surface area (Å²) in [4.78, 5) is 8.81. The highest BCUT2D eigenvalue weighted by Crippen LogP contribution is 2.25. The molecule has 0 spiro atoms. The molecule has 0 aliphatic heterocycles. The van der Waals surface area contributed by atoms with Crippen molar-refractivity contribution < 1.29 is 0 Å². The fourth-order valence-corrected chi connectivity index (χ4v) is 3.00. The van der Waals surface area contributed by atoms with Crippen LogP contribution in [0.25, 0.3) is 27.8 Å². The highest BCUT2D eigenvalue weighted by atomic mass is 15.2. The summed E-state index contributed by atoms with van der Waals surface area (Å²) in [5.41, 5.74) is 14.7. The normalized spacial score (nSPS) is 12.3. The predicted octanol–water partition coefficient (Wildman–Crippen LogP) is 3.39. The first-order valence-electron chi connectivity index (χ1n) is 8.42. The van der Waals surface area contributed by atoms with Crippen LogP contribution in [0.1, 0.15) is 18.5 Å².